The molecule has 1 amide bonds. The summed E-state index contributed by atoms with van der Waals surface area (Å²) >= 11 is 7.81. The Morgan fingerprint density at radius 3 is 2.63 bits per heavy atom. The van der Waals surface area contributed by atoms with E-state index >= 15 is 0 Å². The smallest absolute Gasteiger partial charge is 0.253 e. The van der Waals surface area contributed by atoms with Crippen LogP contribution in [0.1, 0.15) is 15.9 Å². The number of carbonyl (C=O) groups is 1. The molecule has 144 valence electrons. The van der Waals surface area contributed by atoms with E-state index in [1.165, 1.54) is 34.6 Å². The molecule has 1 heterocycles. The van der Waals surface area contributed by atoms with Gasteiger partial charge in [0.1, 0.15) is 5.82 Å². The van der Waals surface area contributed by atoms with E-state index in [1.807, 2.05) is 0 Å². The summed E-state index contributed by atoms with van der Waals surface area (Å²) in [6.07, 6.45) is 0. The normalized spacial score (nSPS) is 15.5. The number of hydrogen-bond acceptors (Lipinski definition) is 4. The van der Waals surface area contributed by atoms with Gasteiger partial charge >= 0.3 is 0 Å². The Morgan fingerprint density at radius 1 is 1.19 bits per heavy atom. The van der Waals surface area contributed by atoms with E-state index in [0.717, 1.165) is 11.5 Å². The standard InChI is InChI=1S/C18H18ClFN2O3S2/c19-17-5-4-15(27(24,25)22-6-8-26-9-7-22)11-16(17)18(23)21-12-13-2-1-3-14(20)10-13/h1-5,10-11H,6-9,12H2,(H,21,23). The molecule has 1 fully saturated rings. The summed E-state index contributed by atoms with van der Waals surface area (Å²) in [6, 6.07) is 9.97. The van der Waals surface area contributed by atoms with Crippen LogP contribution in [0.25, 0.3) is 0 Å². The van der Waals surface area contributed by atoms with Gasteiger partial charge in [-0.3, -0.25) is 4.79 Å². The Hall–Kier alpha value is -1.61. The lowest BCUT2D eigenvalue weighted by atomic mass is 10.2. The molecule has 5 nitrogen and oxygen atoms in total. The van der Waals surface area contributed by atoms with Crippen LogP contribution in [0.5, 0.6) is 0 Å². The number of thioether (sulfide) groups is 1. The van der Waals surface area contributed by atoms with Crippen molar-refractivity contribution in [3.8, 4) is 0 Å². The molecule has 1 aliphatic heterocycles. The van der Waals surface area contributed by atoms with Gasteiger partial charge in [-0.25, -0.2) is 12.8 Å². The molecule has 0 spiro atoms. The summed E-state index contributed by atoms with van der Waals surface area (Å²) in [5.41, 5.74) is 0.662. The van der Waals surface area contributed by atoms with Crippen LogP contribution in [-0.2, 0) is 16.6 Å². The second-order valence-electron chi connectivity index (χ2n) is 5.97. The third-order valence-electron chi connectivity index (χ3n) is 4.13. The number of hydrogen-bond donors (Lipinski definition) is 1. The highest BCUT2D eigenvalue weighted by Gasteiger charge is 2.27. The van der Waals surface area contributed by atoms with Gasteiger partial charge in [0.2, 0.25) is 10.0 Å². The molecule has 0 radical (unpaired) electrons. The SMILES string of the molecule is O=C(NCc1cccc(F)c1)c1cc(S(=O)(=O)N2CCSCC2)ccc1Cl. The molecule has 1 saturated heterocycles. The van der Waals surface area contributed by atoms with Gasteiger partial charge < -0.3 is 5.32 Å². The van der Waals surface area contributed by atoms with E-state index < -0.39 is 21.7 Å². The van der Waals surface area contributed by atoms with Crippen molar-refractivity contribution in [1.29, 1.82) is 0 Å². The zero-order valence-electron chi connectivity index (χ0n) is 14.3. The molecule has 3 rings (SSSR count). The maximum Gasteiger partial charge on any atom is 0.253 e. The van der Waals surface area contributed by atoms with Crippen molar-refractivity contribution in [3.63, 3.8) is 0 Å². The zero-order chi connectivity index (χ0) is 19.4. The first-order valence-electron chi connectivity index (χ1n) is 8.28. The monoisotopic (exact) mass is 428 g/mol. The quantitative estimate of drug-likeness (QED) is 0.794. The molecule has 0 aliphatic carbocycles. The van der Waals surface area contributed by atoms with Gasteiger partial charge in [0.25, 0.3) is 5.91 Å². The minimum atomic E-state index is -3.68. The van der Waals surface area contributed by atoms with Gasteiger partial charge in [-0.2, -0.15) is 16.1 Å². The Bertz CT molecular complexity index is 947. The predicted octanol–water partition coefficient (Wildman–Crippen LogP) is 3.15. The first-order valence-corrected chi connectivity index (χ1v) is 11.3. The van der Waals surface area contributed by atoms with Crippen molar-refractivity contribution >= 4 is 39.3 Å². The number of rotatable bonds is 5. The molecule has 0 unspecified atom stereocenters. The molecule has 2 aromatic rings. The van der Waals surface area contributed by atoms with Gasteiger partial charge in [-0.1, -0.05) is 23.7 Å². The molecule has 0 bridgehead atoms. The second kappa shape index (κ2) is 8.60. The van der Waals surface area contributed by atoms with Crippen LogP contribution in [0.15, 0.2) is 47.4 Å². The average Bonchev–Trinajstić information content (AvgIpc) is 2.67. The molecule has 0 atom stereocenters. The van der Waals surface area contributed by atoms with E-state index in [0.29, 0.717) is 18.7 Å². The maximum atomic E-state index is 13.2. The Morgan fingerprint density at radius 2 is 1.93 bits per heavy atom. The third-order valence-corrected chi connectivity index (χ3v) is 7.30. The van der Waals surface area contributed by atoms with Gasteiger partial charge in [-0.15, -0.1) is 0 Å². The topological polar surface area (TPSA) is 66.5 Å². The fourth-order valence-corrected chi connectivity index (χ4v) is 5.51. The van der Waals surface area contributed by atoms with Crippen molar-refractivity contribution in [1.82, 2.24) is 9.62 Å². The van der Waals surface area contributed by atoms with Crippen LogP contribution in [0.4, 0.5) is 4.39 Å². The number of nitrogens with zero attached hydrogens (tertiary/aromatic N) is 1. The number of nitrogens with one attached hydrogen (secondary N) is 1. The fraction of sp³-hybridized carbons (Fsp3) is 0.278. The summed E-state index contributed by atoms with van der Waals surface area (Å²) in [4.78, 5) is 12.5. The Balaban J connectivity index is 1.79. The molecule has 1 aliphatic rings. The molecule has 0 saturated carbocycles. The average molecular weight is 429 g/mol. The number of carbonyl (C=O) groups excluding carboxylic acids is 1. The lowest BCUT2D eigenvalue weighted by Gasteiger charge is -2.25. The summed E-state index contributed by atoms with van der Waals surface area (Å²) in [6.45, 7) is 0.987. The highest BCUT2D eigenvalue weighted by atomic mass is 35.5. The lowest BCUT2D eigenvalue weighted by molar-refractivity contribution is 0.0951. The Labute approximate surface area is 166 Å². The van der Waals surface area contributed by atoms with Crippen LogP contribution in [-0.4, -0.2) is 43.2 Å². The van der Waals surface area contributed by atoms with E-state index in [2.05, 4.69) is 5.32 Å². The number of amides is 1. The summed E-state index contributed by atoms with van der Waals surface area (Å²) in [7, 11) is -3.68. The molecule has 27 heavy (non-hydrogen) atoms. The summed E-state index contributed by atoms with van der Waals surface area (Å²) in [5.74, 6) is 0.574. The largest absolute Gasteiger partial charge is 0.348 e. The molecule has 1 N–H and O–H groups in total. The first-order chi connectivity index (χ1) is 12.9. The fourth-order valence-electron chi connectivity index (χ4n) is 2.70. The van der Waals surface area contributed by atoms with Gasteiger partial charge in [-0.05, 0) is 35.9 Å². The van der Waals surface area contributed by atoms with Crippen LogP contribution >= 0.6 is 23.4 Å². The number of benzene rings is 2. The highest BCUT2D eigenvalue weighted by Crippen LogP contribution is 2.25. The minimum Gasteiger partial charge on any atom is -0.348 e. The van der Waals surface area contributed by atoms with Crippen molar-refractivity contribution in [2.24, 2.45) is 0 Å². The molecule has 9 heteroatoms. The van der Waals surface area contributed by atoms with Gasteiger partial charge in [0, 0.05) is 31.1 Å². The highest BCUT2D eigenvalue weighted by molar-refractivity contribution is 7.99. The number of halogens is 2. The van der Waals surface area contributed by atoms with E-state index in [1.54, 1.807) is 23.9 Å². The first kappa shape index (κ1) is 20.1. The van der Waals surface area contributed by atoms with Gasteiger partial charge in [0.15, 0.2) is 0 Å². The zero-order valence-corrected chi connectivity index (χ0v) is 16.7. The molecule has 2 aromatic carbocycles. The van der Waals surface area contributed by atoms with Crippen molar-refractivity contribution in [3.05, 3.63) is 64.4 Å². The summed E-state index contributed by atoms with van der Waals surface area (Å²) < 4.78 is 40.2. The molecular formula is C18H18ClFN2O3S2. The van der Waals surface area contributed by atoms with E-state index in [4.69, 9.17) is 11.6 Å². The predicted molar refractivity (Wildman–Crippen MR) is 105 cm³/mol. The lowest BCUT2D eigenvalue weighted by Crippen LogP contribution is -2.38. The van der Waals surface area contributed by atoms with Gasteiger partial charge in [0.05, 0.1) is 15.5 Å². The van der Waals surface area contributed by atoms with Crippen molar-refractivity contribution < 1.29 is 17.6 Å². The van der Waals surface area contributed by atoms with Crippen molar-refractivity contribution in [2.45, 2.75) is 11.4 Å². The van der Waals surface area contributed by atoms with Crippen LogP contribution < -0.4 is 5.32 Å². The van der Waals surface area contributed by atoms with Crippen LogP contribution in [0.2, 0.25) is 5.02 Å². The Kier molecular flexibility index (Phi) is 6.41. The van der Waals surface area contributed by atoms with Crippen LogP contribution in [0, 0.1) is 5.82 Å². The molecular weight excluding hydrogens is 411 g/mol. The summed E-state index contributed by atoms with van der Waals surface area (Å²) in [5, 5.41) is 2.79. The molecule has 0 aromatic heterocycles. The van der Waals surface area contributed by atoms with Crippen LogP contribution in [0.3, 0.4) is 0 Å². The minimum absolute atomic E-state index is 0.0368. The van der Waals surface area contributed by atoms with E-state index in [-0.39, 0.29) is 22.0 Å². The second-order valence-corrected chi connectivity index (χ2v) is 9.54. The maximum absolute atomic E-state index is 13.2. The third kappa shape index (κ3) is 4.82. The van der Waals surface area contributed by atoms with Crippen molar-refractivity contribution in [2.75, 3.05) is 24.6 Å². The number of sulfonamides is 1. The van der Waals surface area contributed by atoms with E-state index in [9.17, 15) is 17.6 Å².